The minimum atomic E-state index is -0.291. The van der Waals surface area contributed by atoms with E-state index in [1.165, 1.54) is 6.42 Å². The molecule has 5 rings (SSSR count). The lowest BCUT2D eigenvalue weighted by atomic mass is 9.44. The van der Waals surface area contributed by atoms with E-state index in [-0.39, 0.29) is 28.9 Å². The summed E-state index contributed by atoms with van der Waals surface area (Å²) in [6.45, 7) is 11.5. The van der Waals surface area contributed by atoms with E-state index in [1.807, 2.05) is 12.1 Å². The fourth-order valence-corrected chi connectivity index (χ4v) is 11.0. The van der Waals surface area contributed by atoms with Gasteiger partial charge in [0.1, 0.15) is 5.78 Å². The number of hydrogen-bond donors (Lipinski definition) is 2. The minimum Gasteiger partial charge on any atom is -0.393 e. The van der Waals surface area contributed by atoms with Crippen LogP contribution < -0.4 is 5.32 Å². The summed E-state index contributed by atoms with van der Waals surface area (Å²) >= 11 is 7.73. The molecule has 37 heavy (non-hydrogen) atoms. The van der Waals surface area contributed by atoms with Crippen molar-refractivity contribution in [1.29, 1.82) is 0 Å². The summed E-state index contributed by atoms with van der Waals surface area (Å²) in [5, 5.41) is 14.8. The number of amides is 1. The Morgan fingerprint density at radius 2 is 1.86 bits per heavy atom. The molecule has 1 aromatic rings. The molecule has 6 heteroatoms. The van der Waals surface area contributed by atoms with E-state index in [4.69, 9.17) is 11.6 Å². The molecule has 10 atom stereocenters. The van der Waals surface area contributed by atoms with Crippen molar-refractivity contribution in [2.24, 2.45) is 52.3 Å². The van der Waals surface area contributed by atoms with E-state index in [0.717, 1.165) is 47.7 Å². The second-order valence-corrected chi connectivity index (χ2v) is 15.6. The van der Waals surface area contributed by atoms with Crippen molar-refractivity contribution in [3.05, 3.63) is 21.3 Å². The van der Waals surface area contributed by atoms with Gasteiger partial charge in [-0.15, -0.1) is 11.3 Å². The topological polar surface area (TPSA) is 66.4 Å². The molecule has 1 amide bonds. The first kappa shape index (κ1) is 27.6. The van der Waals surface area contributed by atoms with Crippen LogP contribution in [0.5, 0.6) is 0 Å². The molecule has 0 aliphatic heterocycles. The summed E-state index contributed by atoms with van der Waals surface area (Å²) < 4.78 is 0.758. The lowest BCUT2D eigenvalue weighted by Gasteiger charge is -2.61. The lowest BCUT2D eigenvalue weighted by molar-refractivity contribution is -0.169. The van der Waals surface area contributed by atoms with Gasteiger partial charge in [0, 0.05) is 24.1 Å². The maximum absolute atomic E-state index is 13.3. The van der Waals surface area contributed by atoms with Gasteiger partial charge < -0.3 is 10.4 Å². The number of nitrogens with one attached hydrogen (secondary N) is 1. The average Bonchev–Trinajstić information content (AvgIpc) is 3.41. The molecule has 0 bridgehead atoms. The zero-order valence-corrected chi connectivity index (χ0v) is 24.8. The molecule has 4 aliphatic rings. The standard InChI is InChI=1S/C31H46ClNO3S/c1-17(2)29(25-8-9-26(32)37-25)33-27(36)14-18(3)21-6-7-22-28-23(11-13-31(21,22)5)30(4)12-10-20(34)15-19(30)16-24(28)35/h8-9,17-19,21-24,28-29,35H,6-7,10-16H2,1-5H3,(H,33,36)/t18-,19?,21?,22+,23+,24?,28?,29?,30?,31?/m1/s1. The van der Waals surface area contributed by atoms with Crippen LogP contribution in [0.3, 0.4) is 0 Å². The number of ketones is 1. The molecule has 206 valence electrons. The highest BCUT2D eigenvalue weighted by Crippen LogP contribution is 2.68. The number of aliphatic hydroxyl groups is 1. The molecular formula is C31H46ClNO3S. The molecule has 4 aliphatic carbocycles. The van der Waals surface area contributed by atoms with Gasteiger partial charge in [0.15, 0.2) is 0 Å². The number of halogens is 1. The molecule has 2 N–H and O–H groups in total. The van der Waals surface area contributed by atoms with Crippen molar-refractivity contribution < 1.29 is 14.7 Å². The van der Waals surface area contributed by atoms with Gasteiger partial charge in [-0.2, -0.15) is 0 Å². The van der Waals surface area contributed by atoms with Gasteiger partial charge >= 0.3 is 0 Å². The number of hydrogen-bond acceptors (Lipinski definition) is 4. The Morgan fingerprint density at radius 1 is 1.14 bits per heavy atom. The van der Waals surface area contributed by atoms with Crippen molar-refractivity contribution in [2.75, 3.05) is 0 Å². The number of carbonyl (C=O) groups excluding carboxylic acids is 2. The molecule has 0 aromatic carbocycles. The smallest absolute Gasteiger partial charge is 0.220 e. The second kappa shape index (κ2) is 10.2. The first-order valence-corrected chi connectivity index (χ1v) is 15.9. The predicted molar refractivity (Wildman–Crippen MR) is 150 cm³/mol. The SMILES string of the molecule is CC(C)C(NC(=O)C[C@@H](C)C1CC[C@H]2C3C(O)CC4CC(=O)CCC4(C)[C@H]3CCC12C)c1ccc(Cl)s1. The molecule has 1 aromatic heterocycles. The summed E-state index contributed by atoms with van der Waals surface area (Å²) in [4.78, 5) is 26.6. The summed E-state index contributed by atoms with van der Waals surface area (Å²) in [6, 6.07) is 3.94. The number of aliphatic hydroxyl groups excluding tert-OH is 1. The van der Waals surface area contributed by atoms with Crippen LogP contribution in [0.2, 0.25) is 4.34 Å². The Hall–Kier alpha value is -0.910. The Bertz CT molecular complexity index is 1020. The minimum absolute atomic E-state index is 0.00648. The summed E-state index contributed by atoms with van der Waals surface area (Å²) in [5.74, 6) is 3.37. The molecule has 1 heterocycles. The van der Waals surface area contributed by atoms with Crippen LogP contribution >= 0.6 is 22.9 Å². The molecule has 0 radical (unpaired) electrons. The van der Waals surface area contributed by atoms with Crippen LogP contribution in [-0.2, 0) is 9.59 Å². The van der Waals surface area contributed by atoms with E-state index in [2.05, 4.69) is 39.9 Å². The maximum atomic E-state index is 13.3. The first-order chi connectivity index (χ1) is 17.4. The van der Waals surface area contributed by atoms with Crippen molar-refractivity contribution in [2.45, 2.75) is 105 Å². The quantitative estimate of drug-likeness (QED) is 0.389. The van der Waals surface area contributed by atoms with E-state index < -0.39 is 0 Å². The van der Waals surface area contributed by atoms with Gasteiger partial charge in [0.05, 0.1) is 16.5 Å². The number of Topliss-reactive ketones (excluding diaryl/α,β-unsaturated/α-hetero) is 1. The average molecular weight is 548 g/mol. The zero-order chi connectivity index (χ0) is 26.7. The predicted octanol–water partition coefficient (Wildman–Crippen LogP) is 7.44. The Labute approximate surface area is 232 Å². The fourth-order valence-electron chi connectivity index (χ4n) is 9.72. The monoisotopic (exact) mass is 547 g/mol. The maximum Gasteiger partial charge on any atom is 0.220 e. The Morgan fingerprint density at radius 3 is 2.54 bits per heavy atom. The van der Waals surface area contributed by atoms with Gasteiger partial charge in [-0.05, 0) is 103 Å². The van der Waals surface area contributed by atoms with Gasteiger partial charge in [0.25, 0.3) is 0 Å². The molecule has 0 saturated heterocycles. The molecule has 7 unspecified atom stereocenters. The molecule has 4 saturated carbocycles. The number of rotatable bonds is 6. The van der Waals surface area contributed by atoms with Crippen LogP contribution in [0.15, 0.2) is 12.1 Å². The van der Waals surface area contributed by atoms with Crippen LogP contribution in [0.1, 0.15) is 103 Å². The highest BCUT2D eigenvalue weighted by atomic mass is 35.5. The highest BCUT2D eigenvalue weighted by molar-refractivity contribution is 7.16. The first-order valence-electron chi connectivity index (χ1n) is 14.7. The van der Waals surface area contributed by atoms with Crippen LogP contribution in [0.4, 0.5) is 0 Å². The number of fused-ring (bicyclic) bond motifs is 5. The Kier molecular flexibility index (Phi) is 7.66. The van der Waals surface area contributed by atoms with E-state index in [0.29, 0.717) is 60.1 Å². The third kappa shape index (κ3) is 4.84. The summed E-state index contributed by atoms with van der Waals surface area (Å²) in [5.41, 5.74) is 0.369. The normalized spacial score (nSPS) is 41.0. The summed E-state index contributed by atoms with van der Waals surface area (Å²) in [7, 11) is 0. The van der Waals surface area contributed by atoms with Crippen LogP contribution in [0.25, 0.3) is 0 Å². The van der Waals surface area contributed by atoms with E-state index in [9.17, 15) is 14.7 Å². The van der Waals surface area contributed by atoms with E-state index in [1.54, 1.807) is 11.3 Å². The second-order valence-electron chi connectivity index (χ2n) is 13.9. The van der Waals surface area contributed by atoms with Gasteiger partial charge in [-0.1, -0.05) is 46.2 Å². The van der Waals surface area contributed by atoms with Crippen molar-refractivity contribution >= 4 is 34.6 Å². The van der Waals surface area contributed by atoms with Crippen molar-refractivity contribution in [3.63, 3.8) is 0 Å². The van der Waals surface area contributed by atoms with Crippen molar-refractivity contribution in [3.8, 4) is 0 Å². The Balaban J connectivity index is 1.28. The van der Waals surface area contributed by atoms with Gasteiger partial charge in [0.2, 0.25) is 5.91 Å². The van der Waals surface area contributed by atoms with Crippen LogP contribution in [0, 0.1) is 52.3 Å². The van der Waals surface area contributed by atoms with Crippen molar-refractivity contribution in [1.82, 2.24) is 5.32 Å². The zero-order valence-electron chi connectivity index (χ0n) is 23.3. The molecular weight excluding hydrogens is 502 g/mol. The largest absolute Gasteiger partial charge is 0.393 e. The van der Waals surface area contributed by atoms with Gasteiger partial charge in [-0.25, -0.2) is 0 Å². The highest BCUT2D eigenvalue weighted by Gasteiger charge is 2.63. The third-order valence-corrected chi connectivity index (χ3v) is 13.0. The number of thiophene rings is 1. The fraction of sp³-hybridized carbons (Fsp3) is 0.806. The molecule has 4 fully saturated rings. The van der Waals surface area contributed by atoms with Gasteiger partial charge in [-0.3, -0.25) is 9.59 Å². The molecule has 4 nitrogen and oxygen atoms in total. The lowest BCUT2D eigenvalue weighted by Crippen LogP contribution is -2.58. The third-order valence-electron chi connectivity index (χ3n) is 11.7. The van der Waals surface area contributed by atoms with Crippen LogP contribution in [-0.4, -0.2) is 22.9 Å². The summed E-state index contributed by atoms with van der Waals surface area (Å²) in [6.07, 6.45) is 8.09. The number of carbonyl (C=O) groups is 2. The van der Waals surface area contributed by atoms with E-state index >= 15 is 0 Å². The molecule has 0 spiro atoms.